The van der Waals surface area contributed by atoms with Gasteiger partial charge in [-0.25, -0.2) is 0 Å². The van der Waals surface area contributed by atoms with Crippen molar-refractivity contribution < 1.29 is 14.7 Å². The number of pyridine rings is 1. The van der Waals surface area contributed by atoms with Crippen molar-refractivity contribution in [1.82, 2.24) is 9.88 Å². The lowest BCUT2D eigenvalue weighted by Gasteiger charge is -2.34. The number of aromatic amines is 1. The minimum atomic E-state index is -0.928. The quantitative estimate of drug-likeness (QED) is 0.890. The summed E-state index contributed by atoms with van der Waals surface area (Å²) in [4.78, 5) is 40.0. The zero-order chi connectivity index (χ0) is 16.4. The first kappa shape index (κ1) is 15.6. The van der Waals surface area contributed by atoms with E-state index in [0.29, 0.717) is 23.1 Å². The van der Waals surface area contributed by atoms with Crippen LogP contribution in [-0.4, -0.2) is 51.0 Å². The molecule has 2 aromatic rings. The van der Waals surface area contributed by atoms with Gasteiger partial charge in [0.05, 0.1) is 12.5 Å². The molecule has 1 amide bonds. The fourth-order valence-corrected chi connectivity index (χ4v) is 3.84. The Balaban J connectivity index is 1.95. The molecule has 6 nitrogen and oxygen atoms in total. The lowest BCUT2D eigenvalue weighted by Crippen LogP contribution is -2.47. The Morgan fingerprint density at radius 3 is 2.91 bits per heavy atom. The molecule has 0 spiro atoms. The van der Waals surface area contributed by atoms with E-state index in [2.05, 4.69) is 4.98 Å². The predicted octanol–water partition coefficient (Wildman–Crippen LogP) is 1.56. The molecule has 0 bridgehead atoms. The van der Waals surface area contributed by atoms with Gasteiger partial charge < -0.3 is 15.0 Å². The van der Waals surface area contributed by atoms with E-state index in [1.807, 2.05) is 0 Å². The van der Waals surface area contributed by atoms with Crippen LogP contribution in [0.2, 0.25) is 0 Å². The lowest BCUT2D eigenvalue weighted by atomic mass is 10.1. The second-order valence-electron chi connectivity index (χ2n) is 5.42. The number of hydrogen-bond donors (Lipinski definition) is 2. The predicted molar refractivity (Wildman–Crippen MR) is 89.0 cm³/mol. The summed E-state index contributed by atoms with van der Waals surface area (Å²) in [5.41, 5.74) is -0.108. The van der Waals surface area contributed by atoms with Gasteiger partial charge in [-0.05, 0) is 17.5 Å². The van der Waals surface area contributed by atoms with Crippen molar-refractivity contribution in [2.45, 2.75) is 12.5 Å². The summed E-state index contributed by atoms with van der Waals surface area (Å²) in [5.74, 6) is 0.108. The van der Waals surface area contributed by atoms with Gasteiger partial charge in [0.15, 0.2) is 0 Å². The molecule has 1 atom stereocenters. The van der Waals surface area contributed by atoms with E-state index in [4.69, 9.17) is 5.11 Å². The molecule has 1 aromatic heterocycles. The Hall–Kier alpha value is -2.28. The number of benzene rings is 1. The van der Waals surface area contributed by atoms with Crippen molar-refractivity contribution in [2.24, 2.45) is 0 Å². The van der Waals surface area contributed by atoms with Crippen LogP contribution in [0.5, 0.6) is 0 Å². The Kier molecular flexibility index (Phi) is 4.38. The number of aliphatic carboxylic acids is 1. The number of thioether (sulfide) groups is 1. The first-order chi connectivity index (χ1) is 11.1. The van der Waals surface area contributed by atoms with Gasteiger partial charge in [0.1, 0.15) is 5.69 Å². The molecular weight excluding hydrogens is 316 g/mol. The van der Waals surface area contributed by atoms with E-state index in [1.54, 1.807) is 47.0 Å². The van der Waals surface area contributed by atoms with Crippen LogP contribution >= 0.6 is 11.8 Å². The average molecular weight is 332 g/mol. The van der Waals surface area contributed by atoms with E-state index in [9.17, 15) is 14.4 Å². The highest BCUT2D eigenvalue weighted by Gasteiger charge is 2.30. The Labute approximate surface area is 136 Å². The van der Waals surface area contributed by atoms with E-state index >= 15 is 0 Å². The molecular formula is C16H16N2O4S. The first-order valence-corrected chi connectivity index (χ1v) is 8.44. The molecule has 2 N–H and O–H groups in total. The molecule has 1 unspecified atom stereocenters. The van der Waals surface area contributed by atoms with E-state index in [0.717, 1.165) is 5.75 Å². The number of carbonyl (C=O) groups excluding carboxylic acids is 1. The second-order valence-corrected chi connectivity index (χ2v) is 6.57. The summed E-state index contributed by atoms with van der Waals surface area (Å²) in [6.45, 7) is 0.482. The second kappa shape index (κ2) is 6.45. The van der Waals surface area contributed by atoms with Crippen LogP contribution in [0.25, 0.3) is 10.8 Å². The van der Waals surface area contributed by atoms with Crippen molar-refractivity contribution in [1.29, 1.82) is 0 Å². The average Bonchev–Trinajstić information content (AvgIpc) is 2.54. The smallest absolute Gasteiger partial charge is 0.305 e. The number of rotatable bonds is 3. The Morgan fingerprint density at radius 2 is 2.13 bits per heavy atom. The van der Waals surface area contributed by atoms with Gasteiger partial charge in [-0.3, -0.25) is 14.4 Å². The number of nitrogens with one attached hydrogen (secondary N) is 1. The fourth-order valence-electron chi connectivity index (χ4n) is 2.77. The molecule has 1 aliphatic heterocycles. The summed E-state index contributed by atoms with van der Waals surface area (Å²) in [7, 11) is 0. The van der Waals surface area contributed by atoms with Crippen LogP contribution in [-0.2, 0) is 4.79 Å². The number of fused-ring (bicyclic) bond motifs is 1. The molecule has 1 saturated heterocycles. The van der Waals surface area contributed by atoms with Crippen LogP contribution in [0, 0.1) is 0 Å². The number of carboxylic acids is 1. The summed E-state index contributed by atoms with van der Waals surface area (Å²) in [6.07, 6.45) is -0.0868. The number of carbonyl (C=O) groups is 2. The van der Waals surface area contributed by atoms with Crippen molar-refractivity contribution in [3.63, 3.8) is 0 Å². The number of carboxylic acid groups (broad SMARTS) is 1. The van der Waals surface area contributed by atoms with Crippen LogP contribution < -0.4 is 5.56 Å². The molecule has 1 aliphatic rings. The molecule has 23 heavy (non-hydrogen) atoms. The maximum Gasteiger partial charge on any atom is 0.305 e. The fraction of sp³-hybridized carbons (Fsp3) is 0.312. The summed E-state index contributed by atoms with van der Waals surface area (Å²) in [6, 6.07) is 8.35. The van der Waals surface area contributed by atoms with Gasteiger partial charge in [-0.1, -0.05) is 18.2 Å². The van der Waals surface area contributed by atoms with Crippen molar-refractivity contribution in [3.05, 3.63) is 46.4 Å². The van der Waals surface area contributed by atoms with Gasteiger partial charge in [-0.2, -0.15) is 11.8 Å². The van der Waals surface area contributed by atoms with Crippen molar-refractivity contribution in [3.8, 4) is 0 Å². The topological polar surface area (TPSA) is 90.5 Å². The van der Waals surface area contributed by atoms with Crippen LogP contribution in [0.3, 0.4) is 0 Å². The third-order valence-electron chi connectivity index (χ3n) is 3.88. The van der Waals surface area contributed by atoms with Crippen LogP contribution in [0.15, 0.2) is 35.1 Å². The molecule has 2 heterocycles. The van der Waals surface area contributed by atoms with Gasteiger partial charge in [0.2, 0.25) is 0 Å². The maximum absolute atomic E-state index is 12.7. The third kappa shape index (κ3) is 3.24. The summed E-state index contributed by atoms with van der Waals surface area (Å²) < 4.78 is 0. The van der Waals surface area contributed by atoms with Crippen molar-refractivity contribution >= 4 is 34.4 Å². The van der Waals surface area contributed by atoms with Crippen LogP contribution in [0.4, 0.5) is 0 Å². The van der Waals surface area contributed by atoms with E-state index in [-0.39, 0.29) is 29.6 Å². The highest BCUT2D eigenvalue weighted by Crippen LogP contribution is 2.21. The highest BCUT2D eigenvalue weighted by molar-refractivity contribution is 7.99. The first-order valence-electron chi connectivity index (χ1n) is 7.29. The Bertz CT molecular complexity index is 817. The van der Waals surface area contributed by atoms with Gasteiger partial charge >= 0.3 is 5.97 Å². The Morgan fingerprint density at radius 1 is 1.35 bits per heavy atom. The van der Waals surface area contributed by atoms with Gasteiger partial charge in [0, 0.05) is 23.4 Å². The normalized spacial score (nSPS) is 18.1. The number of hydrogen-bond acceptors (Lipinski definition) is 4. The zero-order valence-electron chi connectivity index (χ0n) is 12.3. The van der Waals surface area contributed by atoms with E-state index < -0.39 is 5.97 Å². The molecule has 0 radical (unpaired) electrons. The molecule has 1 fully saturated rings. The number of aromatic nitrogens is 1. The number of H-pyrrole nitrogens is 1. The van der Waals surface area contributed by atoms with Crippen molar-refractivity contribution in [2.75, 3.05) is 18.1 Å². The molecule has 0 saturated carbocycles. The lowest BCUT2D eigenvalue weighted by molar-refractivity contribution is -0.138. The van der Waals surface area contributed by atoms with Gasteiger partial charge in [0.25, 0.3) is 11.5 Å². The molecule has 0 aliphatic carbocycles. The summed E-state index contributed by atoms with van der Waals surface area (Å²) >= 11 is 1.64. The maximum atomic E-state index is 12.7. The summed E-state index contributed by atoms with van der Waals surface area (Å²) in [5, 5.41) is 10.2. The molecule has 7 heteroatoms. The highest BCUT2D eigenvalue weighted by atomic mass is 32.2. The minimum absolute atomic E-state index is 0.0868. The number of amides is 1. The minimum Gasteiger partial charge on any atom is -0.481 e. The third-order valence-corrected chi connectivity index (χ3v) is 4.97. The SMILES string of the molecule is O=C(O)CC1CSCCN1C(=O)c1cc2ccccc2c(=O)[nH]1. The van der Waals surface area contributed by atoms with Crippen LogP contribution in [0.1, 0.15) is 16.9 Å². The monoisotopic (exact) mass is 332 g/mol. The largest absolute Gasteiger partial charge is 0.481 e. The number of nitrogens with zero attached hydrogens (tertiary/aromatic N) is 1. The molecule has 1 aromatic carbocycles. The molecule has 120 valence electrons. The van der Waals surface area contributed by atoms with E-state index in [1.165, 1.54) is 0 Å². The standard InChI is InChI=1S/C16H16N2O4S/c19-14(20)8-11-9-23-6-5-18(11)16(22)13-7-10-3-1-2-4-12(10)15(21)17-13/h1-4,7,11H,5-6,8-9H2,(H,17,21)(H,19,20). The zero-order valence-corrected chi connectivity index (χ0v) is 13.1. The molecule has 3 rings (SSSR count). The van der Waals surface area contributed by atoms with Gasteiger partial charge in [-0.15, -0.1) is 0 Å².